The molecule has 0 aliphatic rings. The number of fused-ring (bicyclic) bond motifs is 6. The number of hydrogen-bond donors (Lipinski definition) is 0. The summed E-state index contributed by atoms with van der Waals surface area (Å²) in [5.41, 5.74) is 0. The van der Waals surface area contributed by atoms with E-state index in [0.717, 1.165) is 36.5 Å². The van der Waals surface area contributed by atoms with Crippen LogP contribution < -0.4 is 85.3 Å². The van der Waals surface area contributed by atoms with E-state index in [9.17, 15) is 28.8 Å². The SMILES string of the molecule is CCOc1ccc(OC/C=C/C(=O)Oc2cc3c4cc(OC(=O)/C=C/COc5ccc(OCC)cc5)c(OC(=O)/C=C/COc5ccc(OCC)cc5)cc4c4cc(OC(=O)/C=C/COc5ccc(OCC)cc5)c(OC(=O)/C=C/COc5ccc(OCC)cc5)cc4c3cc2OC(=O)/C=C/COc2ccc(OCC)cc2)cc1. The summed E-state index contributed by atoms with van der Waals surface area (Å²) < 4.78 is 105. The van der Waals surface area contributed by atoms with Crippen LogP contribution in [0.25, 0.3) is 32.3 Å². The molecule has 0 N–H and O–H groups in total. The van der Waals surface area contributed by atoms with Crippen molar-refractivity contribution < 1.29 is 114 Å². The van der Waals surface area contributed by atoms with E-state index in [2.05, 4.69) is 0 Å². The second kappa shape index (κ2) is 43.3. The van der Waals surface area contributed by atoms with E-state index < -0.39 is 35.8 Å². The van der Waals surface area contributed by atoms with Crippen molar-refractivity contribution in [1.29, 1.82) is 0 Å². The molecule has 10 rings (SSSR count). The maximum atomic E-state index is 14.2. The molecule has 24 heteroatoms. The van der Waals surface area contributed by atoms with Crippen molar-refractivity contribution in [2.24, 2.45) is 0 Å². The normalized spacial score (nSPS) is 11.3. The molecule has 0 aliphatic heterocycles. The van der Waals surface area contributed by atoms with Gasteiger partial charge < -0.3 is 85.3 Å². The van der Waals surface area contributed by atoms with Crippen LogP contribution in [0.2, 0.25) is 0 Å². The van der Waals surface area contributed by atoms with E-state index in [1.54, 1.807) is 146 Å². The van der Waals surface area contributed by atoms with Crippen molar-refractivity contribution in [2.75, 3.05) is 79.3 Å². The first-order valence-electron chi connectivity index (χ1n) is 36.7. The number of benzene rings is 10. The quantitative estimate of drug-likeness (QED) is 0.0149. The number of rotatable bonds is 42. The zero-order valence-electron chi connectivity index (χ0n) is 63.5. The van der Waals surface area contributed by atoms with Crippen LogP contribution in [0.15, 0.2) is 255 Å². The van der Waals surface area contributed by atoms with E-state index in [1.807, 2.05) is 41.5 Å². The Balaban J connectivity index is 1.10. The summed E-state index contributed by atoms with van der Waals surface area (Å²) in [4.78, 5) is 85.0. The van der Waals surface area contributed by atoms with Gasteiger partial charge in [0.1, 0.15) is 109 Å². The van der Waals surface area contributed by atoms with Crippen molar-refractivity contribution in [1.82, 2.24) is 0 Å². The van der Waals surface area contributed by atoms with Crippen LogP contribution in [0.4, 0.5) is 0 Å². The summed E-state index contributed by atoms with van der Waals surface area (Å²) in [6.07, 6.45) is 15.2. The number of hydrogen-bond acceptors (Lipinski definition) is 24. The molecular formula is C90H84O24. The summed E-state index contributed by atoms with van der Waals surface area (Å²) >= 11 is 0. The maximum absolute atomic E-state index is 14.2. The van der Waals surface area contributed by atoms with Crippen LogP contribution in [0.5, 0.6) is 103 Å². The molecule has 24 nitrogen and oxygen atoms in total. The Labute approximate surface area is 658 Å². The Bertz CT molecular complexity index is 4230. The molecule has 0 saturated carbocycles. The molecule has 0 aromatic heterocycles. The van der Waals surface area contributed by atoms with Crippen molar-refractivity contribution in [2.45, 2.75) is 41.5 Å². The molecule has 0 bridgehead atoms. The third-order valence-electron chi connectivity index (χ3n) is 15.8. The smallest absolute Gasteiger partial charge is 0.336 e. The van der Waals surface area contributed by atoms with Crippen molar-refractivity contribution in [3.05, 3.63) is 255 Å². The lowest BCUT2D eigenvalue weighted by atomic mass is 9.93. The number of esters is 6. The summed E-state index contributed by atoms with van der Waals surface area (Å²) in [6.45, 7) is 13.5. The molecular weight excluding hydrogens is 1460 g/mol. The summed E-state index contributed by atoms with van der Waals surface area (Å²) in [5, 5.41) is 1.20. The van der Waals surface area contributed by atoms with Crippen LogP contribution in [0.3, 0.4) is 0 Å². The Morgan fingerprint density at radius 1 is 0.193 bits per heavy atom. The van der Waals surface area contributed by atoms with Crippen molar-refractivity contribution >= 4 is 68.1 Å². The molecule has 0 radical (unpaired) electrons. The number of carbonyl (C=O) groups excluding carboxylic acids is 6. The molecule has 10 aromatic rings. The molecule has 0 atom stereocenters. The third kappa shape index (κ3) is 25.5. The standard InChI is InChI=1S/C90H84O24/c1-7-97-61-25-37-67(38-26-61)103-49-13-19-85(91)109-79-55-73-74(56-80(79)110-86(92)20-14-50-104-68-39-27-62(28-40-68)98-8-2)76-58-82(112-88(94)22-16-52-106-70-43-31-64(32-44-70)100-10-4)84(114-90(96)24-18-54-108-72-47-35-66(36-48-72)102-12-6)60-78(76)77-59-83(113-89(95)23-17-53-107-71-45-33-65(34-46-71)101-11-5)81(57-75(73)77)111-87(93)21-15-51-105-69-41-29-63(30-42-69)99-9-3/h13-48,55-60H,7-12,49-54H2,1-6H3/b19-13+,20-14+,21-15+,22-16+,23-17+,24-18+. The maximum Gasteiger partial charge on any atom is 0.336 e. The van der Waals surface area contributed by atoms with E-state index in [0.29, 0.717) is 109 Å². The number of ether oxygens (including phenoxy) is 18. The van der Waals surface area contributed by atoms with Gasteiger partial charge >= 0.3 is 35.8 Å². The van der Waals surface area contributed by atoms with Crippen LogP contribution in [0.1, 0.15) is 41.5 Å². The van der Waals surface area contributed by atoms with Crippen molar-refractivity contribution in [3.8, 4) is 103 Å². The minimum absolute atomic E-state index is 0.0810. The summed E-state index contributed by atoms with van der Waals surface area (Å²) in [7, 11) is 0. The average molecular weight is 1550 g/mol. The molecule has 0 amide bonds. The molecule has 0 fully saturated rings. The van der Waals surface area contributed by atoms with Gasteiger partial charge in [-0.25, -0.2) is 28.8 Å². The molecule has 0 unspecified atom stereocenters. The lowest BCUT2D eigenvalue weighted by Crippen LogP contribution is -2.11. The highest BCUT2D eigenvalue weighted by Crippen LogP contribution is 2.48. The lowest BCUT2D eigenvalue weighted by Gasteiger charge is -2.18. The second-order valence-corrected chi connectivity index (χ2v) is 23.8. The largest absolute Gasteiger partial charge is 0.494 e. The molecule has 0 saturated heterocycles. The van der Waals surface area contributed by atoms with E-state index >= 15 is 0 Å². The summed E-state index contributed by atoms with van der Waals surface area (Å²) in [6, 6.07) is 49.8. The Morgan fingerprint density at radius 3 is 0.421 bits per heavy atom. The first-order valence-corrected chi connectivity index (χ1v) is 36.7. The van der Waals surface area contributed by atoms with Gasteiger partial charge in [0.05, 0.1) is 39.6 Å². The molecule has 0 spiro atoms. The van der Waals surface area contributed by atoms with Crippen LogP contribution >= 0.6 is 0 Å². The minimum atomic E-state index is -0.943. The Hall–Kier alpha value is -14.2. The first-order chi connectivity index (χ1) is 55.7. The highest BCUT2D eigenvalue weighted by Gasteiger charge is 2.25. The third-order valence-corrected chi connectivity index (χ3v) is 15.8. The molecule has 588 valence electrons. The summed E-state index contributed by atoms with van der Waals surface area (Å²) in [5.74, 6) is -0.788. The van der Waals surface area contributed by atoms with Crippen LogP contribution in [-0.4, -0.2) is 115 Å². The molecule has 0 heterocycles. The first kappa shape index (κ1) is 82.3. The van der Waals surface area contributed by atoms with Gasteiger partial charge in [-0.1, -0.05) is 0 Å². The van der Waals surface area contributed by atoms with Crippen molar-refractivity contribution in [3.63, 3.8) is 0 Å². The fourth-order valence-corrected chi connectivity index (χ4v) is 10.9. The average Bonchev–Trinajstić information content (AvgIpc) is 0.723. The van der Waals surface area contributed by atoms with Gasteiger partial charge in [-0.05, 0) is 292 Å². The van der Waals surface area contributed by atoms with Gasteiger partial charge in [0.2, 0.25) is 0 Å². The highest BCUT2D eigenvalue weighted by molar-refractivity contribution is 6.27. The zero-order valence-corrected chi connectivity index (χ0v) is 63.5. The predicted octanol–water partition coefficient (Wildman–Crippen LogP) is 16.8. The lowest BCUT2D eigenvalue weighted by molar-refractivity contribution is -0.131. The molecule has 114 heavy (non-hydrogen) atoms. The van der Waals surface area contributed by atoms with Gasteiger partial charge in [0.25, 0.3) is 0 Å². The van der Waals surface area contributed by atoms with E-state index in [1.165, 1.54) is 72.9 Å². The fourth-order valence-electron chi connectivity index (χ4n) is 10.9. The highest BCUT2D eigenvalue weighted by atomic mass is 16.6. The number of carbonyl (C=O) groups is 6. The van der Waals surface area contributed by atoms with Gasteiger partial charge in [-0.2, -0.15) is 0 Å². The fraction of sp³-hybridized carbons (Fsp3) is 0.200. The van der Waals surface area contributed by atoms with E-state index in [4.69, 9.17) is 85.3 Å². The minimum Gasteiger partial charge on any atom is -0.494 e. The Morgan fingerprint density at radius 2 is 0.307 bits per heavy atom. The predicted molar refractivity (Wildman–Crippen MR) is 426 cm³/mol. The topological polar surface area (TPSA) is 269 Å². The van der Waals surface area contributed by atoms with Gasteiger partial charge in [-0.15, -0.1) is 0 Å². The van der Waals surface area contributed by atoms with Gasteiger partial charge in [0, 0.05) is 36.5 Å². The Kier molecular flexibility index (Phi) is 31.3. The zero-order chi connectivity index (χ0) is 80.2. The van der Waals surface area contributed by atoms with Gasteiger partial charge in [-0.3, -0.25) is 0 Å². The van der Waals surface area contributed by atoms with Crippen LogP contribution in [0, 0.1) is 0 Å². The monoisotopic (exact) mass is 1550 g/mol. The second-order valence-electron chi connectivity index (χ2n) is 23.8. The van der Waals surface area contributed by atoms with Gasteiger partial charge in [0.15, 0.2) is 34.5 Å². The molecule has 0 aliphatic carbocycles. The van der Waals surface area contributed by atoms with Crippen LogP contribution in [-0.2, 0) is 28.8 Å². The molecule has 10 aromatic carbocycles. The van der Waals surface area contributed by atoms with E-state index in [-0.39, 0.29) is 106 Å².